The normalized spacial score (nSPS) is 19.9. The van der Waals surface area contributed by atoms with E-state index in [1.54, 1.807) is 4.90 Å². The van der Waals surface area contributed by atoms with Crippen LogP contribution in [0, 0.1) is 12.8 Å². The minimum absolute atomic E-state index is 0.195. The summed E-state index contributed by atoms with van der Waals surface area (Å²) in [6, 6.07) is 19.2. The third kappa shape index (κ3) is 4.95. The molecule has 0 atom stereocenters. The SMILES string of the molecule is CCN(Cc1ccccc1)C(=O)C1CC[NH+](Cc2ccc(C)cc2)CC1. The molecule has 0 aromatic heterocycles. The van der Waals surface area contributed by atoms with Crippen molar-refractivity contribution in [3.8, 4) is 0 Å². The van der Waals surface area contributed by atoms with Gasteiger partial charge in [0.2, 0.25) is 5.91 Å². The monoisotopic (exact) mass is 351 g/mol. The Morgan fingerprint density at radius 2 is 1.65 bits per heavy atom. The molecule has 26 heavy (non-hydrogen) atoms. The molecule has 0 unspecified atom stereocenters. The maximum Gasteiger partial charge on any atom is 0.226 e. The van der Waals surface area contributed by atoms with Crippen LogP contribution < -0.4 is 4.90 Å². The van der Waals surface area contributed by atoms with Crippen LogP contribution in [-0.4, -0.2) is 30.4 Å². The van der Waals surface area contributed by atoms with Gasteiger partial charge in [0, 0.05) is 37.4 Å². The lowest BCUT2D eigenvalue weighted by Crippen LogP contribution is -3.11. The van der Waals surface area contributed by atoms with Crippen LogP contribution in [0.4, 0.5) is 0 Å². The Kier molecular flexibility index (Phi) is 6.45. The van der Waals surface area contributed by atoms with Crippen LogP contribution in [0.25, 0.3) is 0 Å². The first kappa shape index (κ1) is 18.7. The van der Waals surface area contributed by atoms with Gasteiger partial charge in [0.05, 0.1) is 13.1 Å². The first-order chi connectivity index (χ1) is 12.7. The Morgan fingerprint density at radius 1 is 1.00 bits per heavy atom. The van der Waals surface area contributed by atoms with Crippen molar-refractivity contribution in [1.29, 1.82) is 0 Å². The Hall–Kier alpha value is -2.13. The molecule has 0 bridgehead atoms. The molecule has 2 aromatic rings. The Balaban J connectivity index is 1.51. The van der Waals surface area contributed by atoms with Crippen molar-refractivity contribution < 1.29 is 9.69 Å². The van der Waals surface area contributed by atoms with Gasteiger partial charge in [-0.25, -0.2) is 0 Å². The fourth-order valence-electron chi connectivity index (χ4n) is 3.85. The predicted molar refractivity (Wildman–Crippen MR) is 106 cm³/mol. The van der Waals surface area contributed by atoms with Crippen LogP contribution in [-0.2, 0) is 17.9 Å². The minimum Gasteiger partial charge on any atom is -0.338 e. The summed E-state index contributed by atoms with van der Waals surface area (Å²) in [5, 5.41) is 0. The number of likely N-dealkylation sites (tertiary alicyclic amines) is 1. The summed E-state index contributed by atoms with van der Waals surface area (Å²) < 4.78 is 0. The zero-order valence-corrected chi connectivity index (χ0v) is 16.1. The average molecular weight is 352 g/mol. The number of benzene rings is 2. The number of nitrogens with one attached hydrogen (secondary N) is 1. The lowest BCUT2D eigenvalue weighted by molar-refractivity contribution is -0.919. The van der Waals surface area contributed by atoms with Crippen molar-refractivity contribution in [1.82, 2.24) is 4.90 Å². The summed E-state index contributed by atoms with van der Waals surface area (Å²) >= 11 is 0. The second-order valence-electron chi connectivity index (χ2n) is 7.52. The molecular formula is C23H31N2O+. The molecule has 1 heterocycles. The van der Waals surface area contributed by atoms with E-state index in [0.29, 0.717) is 5.91 Å². The number of hydrogen-bond donors (Lipinski definition) is 1. The maximum absolute atomic E-state index is 13.0. The van der Waals surface area contributed by atoms with Crippen molar-refractivity contribution >= 4 is 5.91 Å². The molecule has 0 radical (unpaired) electrons. The summed E-state index contributed by atoms with van der Waals surface area (Å²) in [5.41, 5.74) is 3.92. The standard InChI is InChI=1S/C23H30N2O/c1-3-25(18-20-7-5-4-6-8-20)23(26)22-13-15-24(16-14-22)17-21-11-9-19(2)10-12-21/h4-12,22H,3,13-18H2,1-2H3/p+1. The van der Waals surface area contributed by atoms with Crippen molar-refractivity contribution in [2.75, 3.05) is 19.6 Å². The summed E-state index contributed by atoms with van der Waals surface area (Å²) in [5.74, 6) is 0.533. The van der Waals surface area contributed by atoms with Gasteiger partial charge in [-0.15, -0.1) is 0 Å². The third-order valence-corrected chi connectivity index (χ3v) is 5.53. The molecular weight excluding hydrogens is 320 g/mol. The van der Waals surface area contributed by atoms with E-state index in [2.05, 4.69) is 50.2 Å². The van der Waals surface area contributed by atoms with Gasteiger partial charge < -0.3 is 9.80 Å². The third-order valence-electron chi connectivity index (χ3n) is 5.53. The van der Waals surface area contributed by atoms with Gasteiger partial charge in [-0.05, 0) is 19.4 Å². The van der Waals surface area contributed by atoms with E-state index < -0.39 is 0 Å². The van der Waals surface area contributed by atoms with Crippen LogP contribution in [0.2, 0.25) is 0 Å². The molecule has 1 aliphatic rings. The molecule has 3 heteroatoms. The number of nitrogens with zero attached hydrogens (tertiary/aromatic N) is 1. The van der Waals surface area contributed by atoms with Crippen LogP contribution in [0.15, 0.2) is 54.6 Å². The van der Waals surface area contributed by atoms with Crippen LogP contribution in [0.1, 0.15) is 36.5 Å². The first-order valence-electron chi connectivity index (χ1n) is 9.87. The second kappa shape index (κ2) is 9.00. The number of aryl methyl sites for hydroxylation is 1. The number of carbonyl (C=O) groups is 1. The van der Waals surface area contributed by atoms with E-state index in [1.165, 1.54) is 16.7 Å². The van der Waals surface area contributed by atoms with Crippen molar-refractivity contribution in [3.63, 3.8) is 0 Å². The maximum atomic E-state index is 13.0. The van der Waals surface area contributed by atoms with Crippen LogP contribution in [0.3, 0.4) is 0 Å². The molecule has 1 fully saturated rings. The highest BCUT2D eigenvalue weighted by atomic mass is 16.2. The highest BCUT2D eigenvalue weighted by Crippen LogP contribution is 2.16. The number of piperidine rings is 1. The average Bonchev–Trinajstić information content (AvgIpc) is 2.69. The molecule has 3 nitrogen and oxygen atoms in total. The fourth-order valence-corrected chi connectivity index (χ4v) is 3.85. The number of rotatable bonds is 6. The molecule has 1 saturated heterocycles. The predicted octanol–water partition coefficient (Wildman–Crippen LogP) is 2.84. The molecule has 138 valence electrons. The lowest BCUT2D eigenvalue weighted by atomic mass is 9.94. The molecule has 0 aliphatic carbocycles. The van der Waals surface area contributed by atoms with E-state index in [9.17, 15) is 4.79 Å². The van der Waals surface area contributed by atoms with Crippen LogP contribution >= 0.6 is 0 Å². The minimum atomic E-state index is 0.195. The summed E-state index contributed by atoms with van der Waals surface area (Å²) in [6.07, 6.45) is 2.01. The summed E-state index contributed by atoms with van der Waals surface area (Å²) in [7, 11) is 0. The highest BCUT2D eigenvalue weighted by Gasteiger charge is 2.30. The van der Waals surface area contributed by atoms with Gasteiger partial charge in [0.25, 0.3) is 0 Å². The molecule has 0 saturated carbocycles. The first-order valence-corrected chi connectivity index (χ1v) is 9.87. The van der Waals surface area contributed by atoms with Gasteiger partial charge in [-0.2, -0.15) is 0 Å². The van der Waals surface area contributed by atoms with Gasteiger partial charge in [-0.3, -0.25) is 4.79 Å². The van der Waals surface area contributed by atoms with Crippen molar-refractivity contribution in [2.45, 2.75) is 39.8 Å². The highest BCUT2D eigenvalue weighted by molar-refractivity contribution is 5.78. The zero-order valence-electron chi connectivity index (χ0n) is 16.1. The molecule has 1 aliphatic heterocycles. The lowest BCUT2D eigenvalue weighted by Gasteiger charge is -2.32. The number of hydrogen-bond acceptors (Lipinski definition) is 1. The molecule has 2 aromatic carbocycles. The molecule has 0 spiro atoms. The van der Waals surface area contributed by atoms with E-state index >= 15 is 0 Å². The van der Waals surface area contributed by atoms with Crippen molar-refractivity contribution in [3.05, 3.63) is 71.3 Å². The zero-order chi connectivity index (χ0) is 18.4. The summed E-state index contributed by atoms with van der Waals surface area (Å²) in [6.45, 7) is 8.97. The van der Waals surface area contributed by atoms with E-state index in [1.807, 2.05) is 23.1 Å². The summed E-state index contributed by atoms with van der Waals surface area (Å²) in [4.78, 5) is 16.6. The van der Waals surface area contributed by atoms with E-state index in [-0.39, 0.29) is 5.92 Å². The van der Waals surface area contributed by atoms with Gasteiger partial charge in [0.1, 0.15) is 6.54 Å². The molecule has 1 amide bonds. The Labute approximate surface area is 157 Å². The number of amides is 1. The fraction of sp³-hybridized carbons (Fsp3) is 0.435. The van der Waals surface area contributed by atoms with Gasteiger partial charge in [-0.1, -0.05) is 60.2 Å². The Bertz CT molecular complexity index is 688. The Morgan fingerprint density at radius 3 is 2.27 bits per heavy atom. The van der Waals surface area contributed by atoms with E-state index in [0.717, 1.165) is 45.6 Å². The number of carbonyl (C=O) groups excluding carboxylic acids is 1. The van der Waals surface area contributed by atoms with Gasteiger partial charge >= 0.3 is 0 Å². The number of quaternary nitrogens is 1. The largest absolute Gasteiger partial charge is 0.338 e. The van der Waals surface area contributed by atoms with E-state index in [4.69, 9.17) is 0 Å². The quantitative estimate of drug-likeness (QED) is 0.850. The smallest absolute Gasteiger partial charge is 0.226 e. The second-order valence-corrected chi connectivity index (χ2v) is 7.52. The molecule has 3 rings (SSSR count). The molecule has 1 N–H and O–H groups in total. The topological polar surface area (TPSA) is 24.8 Å². The van der Waals surface area contributed by atoms with Crippen LogP contribution in [0.5, 0.6) is 0 Å². The van der Waals surface area contributed by atoms with Gasteiger partial charge in [0.15, 0.2) is 0 Å². The van der Waals surface area contributed by atoms with Crippen molar-refractivity contribution in [2.24, 2.45) is 5.92 Å².